The van der Waals surface area contributed by atoms with Crippen LogP contribution in [0.1, 0.15) is 24.5 Å². The quantitative estimate of drug-likeness (QED) is 0.344. The summed E-state index contributed by atoms with van der Waals surface area (Å²) in [4.78, 5) is 27.1. The largest absolute Gasteiger partial charge is 0.497 e. The molecule has 1 atom stereocenters. The zero-order valence-corrected chi connectivity index (χ0v) is 19.0. The fraction of sp³-hybridized carbons (Fsp3) is 0.333. The number of benzene rings is 2. The van der Waals surface area contributed by atoms with Crippen LogP contribution in [0.15, 0.2) is 54.6 Å². The maximum Gasteiger partial charge on any atom is 0.339 e. The molecule has 8 heteroatoms. The van der Waals surface area contributed by atoms with E-state index in [1.807, 2.05) is 30.3 Å². The van der Waals surface area contributed by atoms with E-state index in [1.54, 1.807) is 44.4 Å². The van der Waals surface area contributed by atoms with Gasteiger partial charge in [0.1, 0.15) is 5.75 Å². The Kier molecular flexibility index (Phi) is 7.69. The van der Waals surface area contributed by atoms with Crippen molar-refractivity contribution < 1.29 is 27.5 Å². The van der Waals surface area contributed by atoms with Crippen molar-refractivity contribution in [1.82, 2.24) is 4.90 Å². The third-order valence-corrected chi connectivity index (χ3v) is 7.10. The molecule has 1 aliphatic heterocycles. The minimum Gasteiger partial charge on any atom is -0.497 e. The number of amides is 1. The highest BCUT2D eigenvalue weighted by molar-refractivity contribution is 7.91. The molecule has 1 amide bonds. The van der Waals surface area contributed by atoms with E-state index in [0.717, 1.165) is 5.56 Å². The van der Waals surface area contributed by atoms with E-state index in [9.17, 15) is 18.0 Å². The molecule has 170 valence electrons. The molecule has 0 spiro atoms. The Balaban J connectivity index is 1.77. The second-order valence-corrected chi connectivity index (χ2v) is 9.74. The third-order valence-electron chi connectivity index (χ3n) is 5.35. The lowest BCUT2D eigenvalue weighted by atomic mass is 10.0. The normalized spacial score (nSPS) is 17.6. The summed E-state index contributed by atoms with van der Waals surface area (Å²) < 4.78 is 34.2. The molecule has 32 heavy (non-hydrogen) atoms. The first-order valence-corrected chi connectivity index (χ1v) is 12.2. The molecule has 0 N–H and O–H groups in total. The van der Waals surface area contributed by atoms with Crippen LogP contribution in [0.2, 0.25) is 0 Å². The average Bonchev–Trinajstić information content (AvgIpc) is 3.16. The molecule has 3 rings (SSSR count). The van der Waals surface area contributed by atoms with Crippen molar-refractivity contribution in [2.45, 2.75) is 19.4 Å². The zero-order valence-electron chi connectivity index (χ0n) is 18.2. The molecule has 1 heterocycles. The summed E-state index contributed by atoms with van der Waals surface area (Å²) in [5.74, 6) is -0.368. The Bertz CT molecular complexity index is 1090. The first-order valence-electron chi connectivity index (χ1n) is 10.4. The smallest absolute Gasteiger partial charge is 0.339 e. The van der Waals surface area contributed by atoms with Gasteiger partial charge >= 0.3 is 5.97 Å². The molecule has 0 aromatic heterocycles. The number of hydrogen-bond donors (Lipinski definition) is 0. The van der Waals surface area contributed by atoms with Crippen LogP contribution in [0, 0.1) is 0 Å². The third kappa shape index (κ3) is 5.97. The van der Waals surface area contributed by atoms with E-state index in [0.29, 0.717) is 29.9 Å². The summed E-state index contributed by atoms with van der Waals surface area (Å²) in [5, 5.41) is 0. The minimum absolute atomic E-state index is 0.0501. The predicted molar refractivity (Wildman–Crippen MR) is 123 cm³/mol. The van der Waals surface area contributed by atoms with Crippen LogP contribution in [-0.2, 0) is 24.2 Å². The number of rotatable bonds is 8. The highest BCUT2D eigenvalue weighted by atomic mass is 32.2. The van der Waals surface area contributed by atoms with Crippen LogP contribution < -0.4 is 4.74 Å². The lowest BCUT2D eigenvalue weighted by Gasteiger charge is -2.26. The van der Waals surface area contributed by atoms with Crippen LogP contribution in [0.4, 0.5) is 0 Å². The van der Waals surface area contributed by atoms with Crippen LogP contribution in [0.25, 0.3) is 11.6 Å². The van der Waals surface area contributed by atoms with Crippen molar-refractivity contribution in [3.05, 3.63) is 65.7 Å². The van der Waals surface area contributed by atoms with Gasteiger partial charge < -0.3 is 14.4 Å². The summed E-state index contributed by atoms with van der Waals surface area (Å²) in [5.41, 5.74) is 1.71. The summed E-state index contributed by atoms with van der Waals surface area (Å²) in [6, 6.07) is 15.9. The first-order chi connectivity index (χ1) is 15.3. The lowest BCUT2D eigenvalue weighted by Crippen LogP contribution is -2.43. The van der Waals surface area contributed by atoms with Gasteiger partial charge in [0.15, 0.2) is 16.4 Å². The summed E-state index contributed by atoms with van der Waals surface area (Å²) in [7, 11) is -1.56. The summed E-state index contributed by atoms with van der Waals surface area (Å²) in [6.07, 6.45) is 2.09. The van der Waals surface area contributed by atoms with E-state index in [1.165, 1.54) is 4.90 Å². The van der Waals surface area contributed by atoms with Gasteiger partial charge in [-0.1, -0.05) is 42.5 Å². The Labute approximate surface area is 188 Å². The van der Waals surface area contributed by atoms with Crippen molar-refractivity contribution in [2.75, 3.05) is 31.8 Å². The highest BCUT2D eigenvalue weighted by Crippen LogP contribution is 2.23. The van der Waals surface area contributed by atoms with Crippen molar-refractivity contribution in [1.29, 1.82) is 0 Å². The number of carbonyl (C=O) groups excluding carboxylic acids is 2. The average molecular weight is 458 g/mol. The Morgan fingerprint density at radius 1 is 1.12 bits per heavy atom. The molecule has 1 fully saturated rings. The maximum absolute atomic E-state index is 13.0. The van der Waals surface area contributed by atoms with Crippen LogP contribution >= 0.6 is 0 Å². The van der Waals surface area contributed by atoms with Gasteiger partial charge in [-0.3, -0.25) is 4.79 Å². The number of sulfone groups is 1. The van der Waals surface area contributed by atoms with E-state index in [-0.39, 0.29) is 17.5 Å². The van der Waals surface area contributed by atoms with Gasteiger partial charge in [0.05, 0.1) is 24.2 Å². The van der Waals surface area contributed by atoms with Gasteiger partial charge in [0.2, 0.25) is 0 Å². The maximum atomic E-state index is 13.0. The molecule has 1 aliphatic rings. The Morgan fingerprint density at radius 3 is 2.50 bits per heavy atom. The predicted octanol–water partition coefficient (Wildman–Crippen LogP) is 2.81. The minimum atomic E-state index is -3.13. The van der Waals surface area contributed by atoms with E-state index < -0.39 is 28.3 Å². The number of likely N-dealkylation sites (N-methyl/N-ethyl adjacent to an activating group) is 1. The van der Waals surface area contributed by atoms with Gasteiger partial charge in [-0.05, 0) is 42.7 Å². The molecule has 1 unspecified atom stereocenters. The van der Waals surface area contributed by atoms with Crippen LogP contribution in [-0.4, -0.2) is 63.0 Å². The second kappa shape index (κ2) is 10.5. The molecule has 0 saturated carbocycles. The highest BCUT2D eigenvalue weighted by Gasteiger charge is 2.34. The number of methoxy groups -OCH3 is 1. The van der Waals surface area contributed by atoms with Crippen molar-refractivity contribution in [2.24, 2.45) is 0 Å². The van der Waals surface area contributed by atoms with Crippen LogP contribution in [0.5, 0.6) is 5.75 Å². The van der Waals surface area contributed by atoms with Crippen molar-refractivity contribution >= 4 is 33.4 Å². The first kappa shape index (κ1) is 23.5. The van der Waals surface area contributed by atoms with E-state index >= 15 is 0 Å². The fourth-order valence-corrected chi connectivity index (χ4v) is 5.45. The molecular weight excluding hydrogens is 430 g/mol. The summed E-state index contributed by atoms with van der Waals surface area (Å²) in [6.45, 7) is 1.68. The van der Waals surface area contributed by atoms with Crippen molar-refractivity contribution in [3.63, 3.8) is 0 Å². The molecular formula is C24H27NO6S. The zero-order chi connectivity index (χ0) is 23.1. The fourth-order valence-electron chi connectivity index (χ4n) is 3.72. The van der Waals surface area contributed by atoms with Gasteiger partial charge in [0.25, 0.3) is 5.91 Å². The van der Waals surface area contributed by atoms with Gasteiger partial charge in [-0.2, -0.15) is 0 Å². The molecule has 1 saturated heterocycles. The number of ether oxygens (including phenoxy) is 2. The monoisotopic (exact) mass is 457 g/mol. The van der Waals surface area contributed by atoms with Gasteiger partial charge in [-0.15, -0.1) is 0 Å². The molecule has 0 radical (unpaired) electrons. The SMILES string of the molecule is CCN(C(=O)COC(=O)/C(=C/c1cccc(OC)c1)c1ccccc1)C1CCS(=O)(=O)C1. The Morgan fingerprint density at radius 2 is 1.88 bits per heavy atom. The number of carbonyl (C=O) groups is 2. The Hall–Kier alpha value is -3.13. The van der Waals surface area contributed by atoms with E-state index in [4.69, 9.17) is 9.47 Å². The van der Waals surface area contributed by atoms with Crippen molar-refractivity contribution in [3.8, 4) is 5.75 Å². The topological polar surface area (TPSA) is 90.0 Å². The second-order valence-electron chi connectivity index (χ2n) is 7.51. The lowest BCUT2D eigenvalue weighted by molar-refractivity contribution is -0.148. The van der Waals surface area contributed by atoms with Gasteiger partial charge in [0, 0.05) is 12.6 Å². The number of hydrogen-bond acceptors (Lipinski definition) is 6. The molecule has 0 aliphatic carbocycles. The summed E-state index contributed by atoms with van der Waals surface area (Å²) >= 11 is 0. The molecule has 7 nitrogen and oxygen atoms in total. The molecule has 0 bridgehead atoms. The standard InChI is InChI=1S/C24H27NO6S/c1-3-25(20-12-13-32(28,29)17-20)23(26)16-31-24(27)22(19-9-5-4-6-10-19)15-18-8-7-11-21(14-18)30-2/h4-11,14-15,20H,3,12-13,16-17H2,1-2H3/b22-15+. The van der Waals surface area contributed by atoms with Gasteiger partial charge in [-0.25, -0.2) is 13.2 Å². The molecule has 2 aromatic carbocycles. The molecule has 2 aromatic rings. The number of esters is 1. The van der Waals surface area contributed by atoms with Crippen LogP contribution in [0.3, 0.4) is 0 Å². The number of nitrogens with zero attached hydrogens (tertiary/aromatic N) is 1. The van der Waals surface area contributed by atoms with E-state index in [2.05, 4.69) is 0 Å².